The van der Waals surface area contributed by atoms with E-state index in [2.05, 4.69) is 41.9 Å². The lowest BCUT2D eigenvalue weighted by molar-refractivity contribution is -0.122. The first-order valence-electron chi connectivity index (χ1n) is 21.3. The smallest absolute Gasteiger partial charge is 0.232 e. The largest absolute Gasteiger partial charge is 0.391 e. The zero-order chi connectivity index (χ0) is 42.3. The van der Waals surface area contributed by atoms with Crippen LogP contribution in [0.5, 0.6) is 0 Å². The Labute approximate surface area is 365 Å². The van der Waals surface area contributed by atoms with Gasteiger partial charge in [0.15, 0.2) is 0 Å². The van der Waals surface area contributed by atoms with Gasteiger partial charge in [0.05, 0.1) is 35.3 Å². The number of hydrogen-bond acceptors (Lipinski definition) is 11. The van der Waals surface area contributed by atoms with Gasteiger partial charge in [-0.1, -0.05) is 35.3 Å². The van der Waals surface area contributed by atoms with Gasteiger partial charge in [0.2, 0.25) is 11.8 Å². The number of aliphatic hydroxyl groups is 1. The first-order chi connectivity index (χ1) is 29.7. The third kappa shape index (κ3) is 11.0. The third-order valence-corrected chi connectivity index (χ3v) is 13.0. The quantitative estimate of drug-likeness (QED) is 0.0765. The van der Waals surface area contributed by atoms with Crippen molar-refractivity contribution in [3.05, 3.63) is 82.9 Å². The predicted molar refractivity (Wildman–Crippen MR) is 236 cm³/mol. The molecule has 2 aromatic carbocycles. The van der Waals surface area contributed by atoms with Crippen LogP contribution in [-0.4, -0.2) is 98.2 Å². The molecule has 8 rings (SSSR count). The van der Waals surface area contributed by atoms with Gasteiger partial charge in [-0.25, -0.2) is 14.4 Å². The molecule has 4 aliphatic heterocycles. The molecule has 0 bridgehead atoms. The zero-order valence-corrected chi connectivity index (χ0v) is 35.4. The number of anilines is 4. The minimum atomic E-state index is -0.739. The van der Waals surface area contributed by atoms with Gasteiger partial charge in [-0.3, -0.25) is 9.59 Å². The van der Waals surface area contributed by atoms with E-state index in [1.807, 2.05) is 36.4 Å². The van der Waals surface area contributed by atoms with Crippen LogP contribution in [0.15, 0.2) is 67.0 Å². The Morgan fingerprint density at radius 2 is 1.48 bits per heavy atom. The molecule has 4 aromatic rings. The van der Waals surface area contributed by atoms with E-state index in [0.717, 1.165) is 87.2 Å². The summed E-state index contributed by atoms with van der Waals surface area (Å²) in [5.41, 5.74) is 4.17. The maximum absolute atomic E-state index is 15.3. The Morgan fingerprint density at radius 1 is 0.754 bits per heavy atom. The van der Waals surface area contributed by atoms with Crippen molar-refractivity contribution < 1.29 is 28.6 Å². The van der Waals surface area contributed by atoms with Crippen LogP contribution in [0.25, 0.3) is 22.3 Å². The average Bonchev–Trinajstić information content (AvgIpc) is 3.73. The van der Waals surface area contributed by atoms with E-state index in [-0.39, 0.29) is 41.1 Å². The fourth-order valence-electron chi connectivity index (χ4n) is 8.81. The Bertz CT molecular complexity index is 2180. The number of carbonyl (C=O) groups is 2. The normalized spacial score (nSPS) is 24.5. The molecule has 6 unspecified atom stereocenters. The lowest BCUT2D eigenvalue weighted by Crippen LogP contribution is -2.47. The number of piperidine rings is 1. The van der Waals surface area contributed by atoms with Gasteiger partial charge in [-0.2, -0.15) is 0 Å². The van der Waals surface area contributed by atoms with Crippen LogP contribution in [0.3, 0.4) is 0 Å². The van der Waals surface area contributed by atoms with Crippen LogP contribution < -0.4 is 31.9 Å². The molecule has 61 heavy (non-hydrogen) atoms. The van der Waals surface area contributed by atoms with Crippen molar-refractivity contribution in [2.75, 3.05) is 80.4 Å². The molecule has 7 N–H and O–H groups in total. The fourth-order valence-corrected chi connectivity index (χ4v) is 9.24. The highest BCUT2D eigenvalue weighted by Crippen LogP contribution is 2.36. The van der Waals surface area contributed by atoms with Crippen LogP contribution in [0.4, 0.5) is 27.4 Å². The number of halogens is 3. The van der Waals surface area contributed by atoms with Crippen molar-refractivity contribution in [3.63, 3.8) is 0 Å². The number of hydrogen-bond donors (Lipinski definition) is 7. The molecule has 324 valence electrons. The number of benzene rings is 2. The monoisotopic (exact) mass is 874 g/mol. The number of aliphatic hydroxyl groups excluding tert-OH is 1. The van der Waals surface area contributed by atoms with Crippen LogP contribution in [-0.2, 0) is 19.1 Å². The molecule has 4 aliphatic rings. The highest BCUT2D eigenvalue weighted by atomic mass is 35.5. The average molecular weight is 876 g/mol. The number of amides is 2. The molecular weight excluding hydrogens is 822 g/mol. The molecule has 0 radical (unpaired) electrons. The summed E-state index contributed by atoms with van der Waals surface area (Å²) >= 11 is 13.2. The zero-order valence-electron chi connectivity index (χ0n) is 33.9. The number of nitrogens with zero attached hydrogens (tertiary/aromatic N) is 2. The summed E-state index contributed by atoms with van der Waals surface area (Å²) in [6.07, 6.45) is 6.31. The molecule has 13 nitrogen and oxygen atoms in total. The summed E-state index contributed by atoms with van der Waals surface area (Å²) < 4.78 is 27.1. The molecule has 16 heteroatoms. The van der Waals surface area contributed by atoms with Crippen molar-refractivity contribution in [1.82, 2.24) is 20.6 Å². The van der Waals surface area contributed by atoms with Gasteiger partial charge in [-0.05, 0) is 97.9 Å². The highest BCUT2D eigenvalue weighted by molar-refractivity contribution is 6.33. The lowest BCUT2D eigenvalue weighted by Gasteiger charge is -2.38. The van der Waals surface area contributed by atoms with E-state index in [0.29, 0.717) is 65.9 Å². The van der Waals surface area contributed by atoms with E-state index < -0.39 is 17.8 Å². The van der Waals surface area contributed by atoms with Gasteiger partial charge in [0.25, 0.3) is 0 Å². The topological polar surface area (TPSA) is 171 Å². The van der Waals surface area contributed by atoms with Crippen molar-refractivity contribution >= 4 is 58.0 Å². The summed E-state index contributed by atoms with van der Waals surface area (Å²) in [5.74, 6) is -0.225. The number of aromatic nitrogens is 2. The van der Waals surface area contributed by atoms with Gasteiger partial charge < -0.3 is 46.5 Å². The maximum atomic E-state index is 15.3. The van der Waals surface area contributed by atoms with E-state index >= 15 is 4.39 Å². The Kier molecular flexibility index (Phi) is 14.3. The van der Waals surface area contributed by atoms with Crippen molar-refractivity contribution in [2.24, 2.45) is 29.6 Å². The van der Waals surface area contributed by atoms with Gasteiger partial charge >= 0.3 is 0 Å². The Morgan fingerprint density at radius 3 is 2.28 bits per heavy atom. The van der Waals surface area contributed by atoms with Crippen molar-refractivity contribution in [2.45, 2.75) is 44.3 Å². The minimum Gasteiger partial charge on any atom is -0.391 e. The summed E-state index contributed by atoms with van der Waals surface area (Å²) in [5, 5.41) is 30.3. The summed E-state index contributed by atoms with van der Waals surface area (Å²) in [6.45, 7) is 5.77. The number of nitrogens with one attached hydrogen (secondary N) is 6. The molecule has 4 fully saturated rings. The lowest BCUT2D eigenvalue weighted by atomic mass is 9.81. The fraction of sp³-hybridized carbons (Fsp3) is 0.467. The highest BCUT2D eigenvalue weighted by Gasteiger charge is 2.36. The van der Waals surface area contributed by atoms with Gasteiger partial charge in [0.1, 0.15) is 17.5 Å². The molecule has 0 spiro atoms. The van der Waals surface area contributed by atoms with E-state index in [4.69, 9.17) is 32.7 Å². The number of ether oxygens (including phenoxy) is 2. The van der Waals surface area contributed by atoms with Crippen LogP contribution >= 0.6 is 23.2 Å². The molecule has 6 atom stereocenters. The van der Waals surface area contributed by atoms with Crippen molar-refractivity contribution in [1.29, 1.82) is 0 Å². The van der Waals surface area contributed by atoms with Crippen molar-refractivity contribution in [3.8, 4) is 22.3 Å². The molecule has 0 saturated carbocycles. The standard InChI is InChI=1S/C45H53Cl2FN8O5/c46-37-5-4-32(51-18-26-6-9-60-10-7-26)15-34(37)35-17-43(54-24-39(35)48)55-44(58)30-13-29(20-49-21-30)41-12-27(8-11-61-41)19-52-31-3-1-2-28(14-31)33-16-42(53-23-38(33)47)56-45(59)36-22-50-25-40(36)57/h1-5,14-17,23-24,26-27,29-30,36,40-41,49-52,57H,6-13,18-22,25H2,(H,53,56,59)(H,54,55,58). The number of carbonyl (C=O) groups excluding carboxylic acids is 2. The van der Waals surface area contributed by atoms with Gasteiger partial charge in [-0.15, -0.1) is 0 Å². The molecule has 0 aliphatic carbocycles. The predicted octanol–water partition coefficient (Wildman–Crippen LogP) is 6.69. The molecule has 6 heterocycles. The van der Waals surface area contributed by atoms with Crippen LogP contribution in [0.1, 0.15) is 32.1 Å². The number of pyridine rings is 2. The second-order valence-corrected chi connectivity index (χ2v) is 17.5. The van der Waals surface area contributed by atoms with E-state index in [1.165, 1.54) is 6.20 Å². The van der Waals surface area contributed by atoms with E-state index in [9.17, 15) is 14.7 Å². The SMILES string of the molecule is O=C(Nc1cc(-c2cc(NCC3CCOCC3)ccc2Cl)c(F)cn1)C1CNCC(C2CC(CNc3cccc(-c4cc(NC(=O)C5CNCC5O)ncc4Cl)c3)CCO2)C1. The van der Waals surface area contributed by atoms with E-state index in [1.54, 1.807) is 18.2 Å². The van der Waals surface area contributed by atoms with Crippen LogP contribution in [0.2, 0.25) is 10.0 Å². The van der Waals surface area contributed by atoms with Gasteiger partial charge in [0, 0.05) is 98.4 Å². The summed E-state index contributed by atoms with van der Waals surface area (Å²) in [7, 11) is 0. The number of β-amino-alcohol motifs (C(OH)–C–C–N with tert-alkyl or cyclic N) is 1. The first-order valence-corrected chi connectivity index (χ1v) is 22.0. The Hall–Kier alpha value is -4.41. The molecular formula is C45H53Cl2FN8O5. The molecule has 2 aromatic heterocycles. The second-order valence-electron chi connectivity index (χ2n) is 16.7. The Balaban J connectivity index is 0.848. The second kappa shape index (κ2) is 20.2. The number of rotatable bonds is 13. The summed E-state index contributed by atoms with van der Waals surface area (Å²) in [4.78, 5) is 34.9. The summed E-state index contributed by atoms with van der Waals surface area (Å²) in [6, 6.07) is 16.7. The van der Waals surface area contributed by atoms with Crippen LogP contribution in [0, 0.1) is 35.4 Å². The molecule has 4 saturated heterocycles. The molecule has 2 amide bonds. The maximum Gasteiger partial charge on any atom is 0.232 e. The third-order valence-electron chi connectivity index (χ3n) is 12.4. The first kappa shape index (κ1) is 43.2. The minimum absolute atomic E-state index is 0.00890.